The second-order valence-corrected chi connectivity index (χ2v) is 4.23. The SMILES string of the molecule is CN(C)C(c1ccccc1)C(F)(F)C(=O)C(F)(F)F. The van der Waals surface area contributed by atoms with Crippen molar-refractivity contribution in [3.05, 3.63) is 35.9 Å². The quantitative estimate of drug-likeness (QED) is 0.791. The zero-order valence-corrected chi connectivity index (χ0v) is 10.2. The predicted molar refractivity (Wildman–Crippen MR) is 58.9 cm³/mol. The van der Waals surface area contributed by atoms with Crippen molar-refractivity contribution in [2.24, 2.45) is 0 Å². The number of carbonyl (C=O) groups excluding carboxylic acids is 1. The van der Waals surface area contributed by atoms with E-state index < -0.39 is 23.9 Å². The van der Waals surface area contributed by atoms with Crippen LogP contribution in [0.3, 0.4) is 0 Å². The fourth-order valence-corrected chi connectivity index (χ4v) is 1.78. The molecular formula is C12H12F5NO. The molecule has 7 heteroatoms. The molecule has 0 aliphatic heterocycles. The van der Waals surface area contributed by atoms with E-state index in [1.165, 1.54) is 38.4 Å². The van der Waals surface area contributed by atoms with Gasteiger partial charge in [-0.3, -0.25) is 9.69 Å². The highest BCUT2D eigenvalue weighted by Crippen LogP contribution is 2.40. The number of carbonyl (C=O) groups is 1. The van der Waals surface area contributed by atoms with Gasteiger partial charge in [0.05, 0.1) is 0 Å². The average molecular weight is 281 g/mol. The zero-order chi connectivity index (χ0) is 14.8. The molecule has 0 aromatic heterocycles. The van der Waals surface area contributed by atoms with Crippen molar-refractivity contribution in [1.29, 1.82) is 0 Å². The average Bonchev–Trinajstić information content (AvgIpc) is 2.27. The van der Waals surface area contributed by atoms with Gasteiger partial charge in [0.15, 0.2) is 0 Å². The van der Waals surface area contributed by atoms with E-state index in [0.29, 0.717) is 0 Å². The molecule has 0 radical (unpaired) electrons. The minimum absolute atomic E-state index is 0.0601. The molecule has 0 fully saturated rings. The Balaban J connectivity index is 3.24. The molecule has 0 spiro atoms. The molecule has 0 amide bonds. The summed E-state index contributed by atoms with van der Waals surface area (Å²) in [5, 5.41) is 0. The molecule has 0 N–H and O–H groups in total. The van der Waals surface area contributed by atoms with E-state index in [-0.39, 0.29) is 5.56 Å². The number of alkyl halides is 5. The van der Waals surface area contributed by atoms with E-state index in [1.807, 2.05) is 0 Å². The minimum Gasteiger partial charge on any atom is -0.297 e. The van der Waals surface area contributed by atoms with Crippen LogP contribution in [0.2, 0.25) is 0 Å². The highest BCUT2D eigenvalue weighted by atomic mass is 19.4. The lowest BCUT2D eigenvalue weighted by atomic mass is 9.96. The molecule has 0 saturated heterocycles. The first-order valence-corrected chi connectivity index (χ1v) is 5.29. The maximum absolute atomic E-state index is 13.8. The van der Waals surface area contributed by atoms with E-state index in [4.69, 9.17) is 0 Å². The largest absolute Gasteiger partial charge is 0.456 e. The number of halogens is 5. The topological polar surface area (TPSA) is 20.3 Å². The lowest BCUT2D eigenvalue weighted by Gasteiger charge is -2.31. The van der Waals surface area contributed by atoms with Gasteiger partial charge >= 0.3 is 17.9 Å². The standard InChI is InChI=1S/C12H12F5NO/c1-18(2)9(8-6-4-3-5-7-8)11(13,14)10(19)12(15,16)17/h3-7,9H,1-2H3. The summed E-state index contributed by atoms with van der Waals surface area (Å²) in [4.78, 5) is 11.8. The van der Waals surface area contributed by atoms with E-state index in [0.717, 1.165) is 4.90 Å². The maximum atomic E-state index is 13.8. The molecule has 0 heterocycles. The Bertz CT molecular complexity index is 441. The predicted octanol–water partition coefficient (Wildman–Crippen LogP) is 3.06. The number of nitrogens with zero attached hydrogens (tertiary/aromatic N) is 1. The fourth-order valence-electron chi connectivity index (χ4n) is 1.78. The second kappa shape index (κ2) is 5.24. The van der Waals surface area contributed by atoms with Gasteiger partial charge in [-0.2, -0.15) is 22.0 Å². The summed E-state index contributed by atoms with van der Waals surface area (Å²) in [6.07, 6.45) is -5.58. The van der Waals surface area contributed by atoms with Crippen LogP contribution < -0.4 is 0 Å². The molecule has 1 unspecified atom stereocenters. The molecule has 0 aliphatic rings. The Hall–Kier alpha value is -1.50. The second-order valence-electron chi connectivity index (χ2n) is 4.23. The van der Waals surface area contributed by atoms with E-state index in [1.54, 1.807) is 6.07 Å². The maximum Gasteiger partial charge on any atom is 0.456 e. The third kappa shape index (κ3) is 3.28. The molecule has 1 aromatic carbocycles. The first kappa shape index (κ1) is 15.6. The van der Waals surface area contributed by atoms with Gasteiger partial charge in [-0.05, 0) is 19.7 Å². The third-order valence-electron chi connectivity index (χ3n) is 2.54. The first-order chi connectivity index (χ1) is 8.58. The number of benzene rings is 1. The molecule has 19 heavy (non-hydrogen) atoms. The van der Waals surface area contributed by atoms with Crippen LogP contribution in [0.4, 0.5) is 22.0 Å². The van der Waals surface area contributed by atoms with Crippen molar-refractivity contribution < 1.29 is 26.7 Å². The van der Waals surface area contributed by atoms with E-state index in [2.05, 4.69) is 0 Å². The number of rotatable bonds is 4. The Morgan fingerprint density at radius 3 is 1.89 bits per heavy atom. The summed E-state index contributed by atoms with van der Waals surface area (Å²) < 4.78 is 64.3. The summed E-state index contributed by atoms with van der Waals surface area (Å²) in [7, 11) is 2.38. The van der Waals surface area contributed by atoms with Crippen LogP contribution in [-0.4, -0.2) is 36.9 Å². The summed E-state index contributed by atoms with van der Waals surface area (Å²) >= 11 is 0. The molecule has 106 valence electrons. The molecule has 0 aliphatic carbocycles. The lowest BCUT2D eigenvalue weighted by Crippen LogP contribution is -2.48. The molecular weight excluding hydrogens is 269 g/mol. The highest BCUT2D eigenvalue weighted by Gasteiger charge is 2.59. The monoisotopic (exact) mass is 281 g/mol. The summed E-state index contributed by atoms with van der Waals surface area (Å²) in [6, 6.07) is 4.91. The Morgan fingerprint density at radius 1 is 1.05 bits per heavy atom. The molecule has 1 atom stereocenters. The van der Waals surface area contributed by atoms with Crippen molar-refractivity contribution in [3.8, 4) is 0 Å². The van der Waals surface area contributed by atoms with E-state index in [9.17, 15) is 26.7 Å². The van der Waals surface area contributed by atoms with Gasteiger partial charge in [-0.1, -0.05) is 30.3 Å². The van der Waals surface area contributed by atoms with Gasteiger partial charge < -0.3 is 0 Å². The third-order valence-corrected chi connectivity index (χ3v) is 2.54. The van der Waals surface area contributed by atoms with Crippen LogP contribution in [0.1, 0.15) is 11.6 Å². The van der Waals surface area contributed by atoms with Crippen molar-refractivity contribution >= 4 is 5.78 Å². The summed E-state index contributed by atoms with van der Waals surface area (Å²) in [6.45, 7) is 0. The summed E-state index contributed by atoms with van der Waals surface area (Å²) in [5.41, 5.74) is -0.0601. The number of hydrogen-bond donors (Lipinski definition) is 0. The fraction of sp³-hybridized carbons (Fsp3) is 0.417. The van der Waals surface area contributed by atoms with Gasteiger partial charge in [-0.15, -0.1) is 0 Å². The molecule has 1 aromatic rings. The molecule has 0 saturated carbocycles. The van der Waals surface area contributed by atoms with Gasteiger partial charge in [0.1, 0.15) is 6.04 Å². The van der Waals surface area contributed by atoms with Crippen molar-refractivity contribution in [2.75, 3.05) is 14.1 Å². The minimum atomic E-state index is -5.58. The number of Topliss-reactive ketones (excluding diaryl/α,β-unsaturated/α-hetero) is 1. The highest BCUT2D eigenvalue weighted by molar-refractivity contribution is 5.91. The Morgan fingerprint density at radius 2 is 1.53 bits per heavy atom. The smallest absolute Gasteiger partial charge is 0.297 e. The van der Waals surface area contributed by atoms with Crippen molar-refractivity contribution in [3.63, 3.8) is 0 Å². The molecule has 0 bridgehead atoms. The molecule has 2 nitrogen and oxygen atoms in total. The zero-order valence-electron chi connectivity index (χ0n) is 10.2. The number of ketones is 1. The number of hydrogen-bond acceptors (Lipinski definition) is 2. The van der Waals surface area contributed by atoms with E-state index >= 15 is 0 Å². The van der Waals surface area contributed by atoms with Gasteiger partial charge in [0, 0.05) is 0 Å². The van der Waals surface area contributed by atoms with Crippen LogP contribution in [0.25, 0.3) is 0 Å². The van der Waals surface area contributed by atoms with Crippen LogP contribution >= 0.6 is 0 Å². The lowest BCUT2D eigenvalue weighted by molar-refractivity contribution is -0.203. The van der Waals surface area contributed by atoms with Crippen LogP contribution in [0.15, 0.2) is 30.3 Å². The first-order valence-electron chi connectivity index (χ1n) is 5.29. The molecule has 1 rings (SSSR count). The van der Waals surface area contributed by atoms with Gasteiger partial charge in [0.25, 0.3) is 0 Å². The Kier molecular flexibility index (Phi) is 4.29. The van der Waals surface area contributed by atoms with Crippen molar-refractivity contribution in [2.45, 2.75) is 18.1 Å². The van der Waals surface area contributed by atoms with Crippen LogP contribution in [-0.2, 0) is 4.79 Å². The van der Waals surface area contributed by atoms with Gasteiger partial charge in [0.2, 0.25) is 0 Å². The normalized spacial score (nSPS) is 14.5. The van der Waals surface area contributed by atoms with Crippen molar-refractivity contribution in [1.82, 2.24) is 4.90 Å². The van der Waals surface area contributed by atoms with Crippen LogP contribution in [0.5, 0.6) is 0 Å². The van der Waals surface area contributed by atoms with Crippen LogP contribution in [0, 0.1) is 0 Å². The Labute approximate surface area is 106 Å². The van der Waals surface area contributed by atoms with Gasteiger partial charge in [-0.25, -0.2) is 0 Å². The summed E-state index contributed by atoms with van der Waals surface area (Å²) in [5.74, 6) is -7.59.